The largest absolute Gasteiger partial charge is 0.481 e. The lowest BCUT2D eigenvalue weighted by atomic mass is 9.90. The van der Waals surface area contributed by atoms with E-state index in [-0.39, 0.29) is 22.9 Å². The number of likely N-dealkylation sites (tertiary alicyclic amines) is 1. The molecule has 0 bridgehead atoms. The third-order valence-electron chi connectivity index (χ3n) is 10.6. The number of nitrogens with zero attached hydrogens (tertiary/aromatic N) is 3. The SMILES string of the molecule is CC(c1ccn[nH]1)c1ccc2c(c1N)Cc1ccccc1-2.O=C(N[C@H]1CCN(C2CCCC2)C[C@@H]1C(=O)O)c1cc(-c2ccc(F)cc2F)on1. The van der Waals surface area contributed by atoms with Crippen molar-refractivity contribution in [2.24, 2.45) is 5.92 Å². The number of aromatic nitrogens is 3. The van der Waals surface area contributed by atoms with Gasteiger partial charge in [-0.2, -0.15) is 5.10 Å². The molecule has 10 nitrogen and oxygen atoms in total. The molecule has 2 aliphatic carbocycles. The number of nitrogens with one attached hydrogen (secondary N) is 2. The maximum absolute atomic E-state index is 13.9. The predicted molar refractivity (Wildman–Crippen MR) is 188 cm³/mol. The van der Waals surface area contributed by atoms with Gasteiger partial charge in [-0.05, 0) is 65.3 Å². The minimum atomic E-state index is -0.947. The van der Waals surface area contributed by atoms with Crippen LogP contribution in [-0.4, -0.2) is 62.4 Å². The molecular formula is C39H40F2N6O4. The molecule has 1 unspecified atom stereocenters. The smallest absolute Gasteiger partial charge is 0.309 e. The topological polar surface area (TPSA) is 150 Å². The van der Waals surface area contributed by atoms with Gasteiger partial charge in [0.05, 0.1) is 11.5 Å². The number of amides is 1. The zero-order valence-corrected chi connectivity index (χ0v) is 28.2. The number of anilines is 1. The number of rotatable bonds is 7. The van der Waals surface area contributed by atoms with Gasteiger partial charge in [-0.15, -0.1) is 0 Å². The Kier molecular flexibility index (Phi) is 9.68. The van der Waals surface area contributed by atoms with Crippen LogP contribution in [0.5, 0.6) is 0 Å². The van der Waals surface area contributed by atoms with Gasteiger partial charge in [-0.3, -0.25) is 19.6 Å². The van der Waals surface area contributed by atoms with Gasteiger partial charge in [0.25, 0.3) is 5.91 Å². The van der Waals surface area contributed by atoms with Gasteiger partial charge in [0.15, 0.2) is 11.5 Å². The summed E-state index contributed by atoms with van der Waals surface area (Å²) in [4.78, 5) is 26.6. The molecule has 0 radical (unpaired) electrons. The number of hydrogen-bond donors (Lipinski definition) is 4. The lowest BCUT2D eigenvalue weighted by Gasteiger charge is -2.39. The first-order valence-corrected chi connectivity index (χ1v) is 17.4. The predicted octanol–water partition coefficient (Wildman–Crippen LogP) is 6.78. The molecule has 3 aliphatic rings. The number of nitrogens with two attached hydrogens (primary N) is 1. The second kappa shape index (κ2) is 14.5. The van der Waals surface area contributed by atoms with Crippen molar-refractivity contribution in [3.63, 3.8) is 0 Å². The molecule has 1 saturated carbocycles. The number of fused-ring (bicyclic) bond motifs is 3. The van der Waals surface area contributed by atoms with Crippen LogP contribution in [0.25, 0.3) is 22.5 Å². The van der Waals surface area contributed by atoms with Gasteiger partial charge in [-0.25, -0.2) is 8.78 Å². The molecule has 51 heavy (non-hydrogen) atoms. The third kappa shape index (κ3) is 7.01. The number of piperidine rings is 1. The highest BCUT2D eigenvalue weighted by Gasteiger charge is 2.38. The van der Waals surface area contributed by atoms with Gasteiger partial charge in [0.2, 0.25) is 0 Å². The Labute approximate surface area is 294 Å². The van der Waals surface area contributed by atoms with E-state index in [0.29, 0.717) is 25.1 Å². The van der Waals surface area contributed by atoms with Crippen LogP contribution < -0.4 is 11.1 Å². The van der Waals surface area contributed by atoms with Crippen LogP contribution in [0.2, 0.25) is 0 Å². The van der Waals surface area contributed by atoms with Crippen LogP contribution in [0.1, 0.15) is 77.8 Å². The molecule has 0 spiro atoms. The number of aromatic amines is 1. The molecule has 1 aliphatic heterocycles. The fourth-order valence-electron chi connectivity index (χ4n) is 7.75. The van der Waals surface area contributed by atoms with Crippen molar-refractivity contribution in [1.29, 1.82) is 0 Å². The Balaban J connectivity index is 0.000000169. The zero-order chi connectivity index (χ0) is 35.6. The Bertz CT molecular complexity index is 2040. The summed E-state index contributed by atoms with van der Waals surface area (Å²) in [5, 5.41) is 23.2. The number of benzene rings is 3. The summed E-state index contributed by atoms with van der Waals surface area (Å²) < 4.78 is 32.1. The number of carbonyl (C=O) groups excluding carboxylic acids is 1. The minimum Gasteiger partial charge on any atom is -0.481 e. The molecule has 1 saturated heterocycles. The molecule has 3 atom stereocenters. The average molecular weight is 695 g/mol. The van der Waals surface area contributed by atoms with E-state index in [1.54, 1.807) is 6.20 Å². The van der Waals surface area contributed by atoms with Crippen molar-refractivity contribution in [2.75, 3.05) is 18.8 Å². The van der Waals surface area contributed by atoms with E-state index >= 15 is 0 Å². The number of halogens is 2. The van der Waals surface area contributed by atoms with Crippen molar-refractivity contribution < 1.29 is 28.0 Å². The number of hydrogen-bond acceptors (Lipinski definition) is 7. The van der Waals surface area contributed by atoms with Crippen LogP contribution >= 0.6 is 0 Å². The molecule has 5 aromatic rings. The van der Waals surface area contributed by atoms with Gasteiger partial charge in [0, 0.05) is 67.2 Å². The first-order chi connectivity index (χ1) is 24.7. The van der Waals surface area contributed by atoms with Crippen LogP contribution in [-0.2, 0) is 11.2 Å². The number of carbonyl (C=O) groups is 2. The van der Waals surface area contributed by atoms with Crippen LogP contribution in [0, 0.1) is 17.6 Å². The Morgan fingerprint density at radius 2 is 1.80 bits per heavy atom. The molecule has 3 aromatic carbocycles. The van der Waals surface area contributed by atoms with Gasteiger partial charge in [0.1, 0.15) is 11.6 Å². The highest BCUT2D eigenvalue weighted by molar-refractivity contribution is 5.93. The zero-order valence-electron chi connectivity index (χ0n) is 28.2. The summed E-state index contributed by atoms with van der Waals surface area (Å²) in [5.41, 5.74) is 14.8. The van der Waals surface area contributed by atoms with Gasteiger partial charge in [-0.1, -0.05) is 61.3 Å². The van der Waals surface area contributed by atoms with E-state index in [0.717, 1.165) is 43.3 Å². The lowest BCUT2D eigenvalue weighted by Crippen LogP contribution is -2.55. The first-order valence-electron chi connectivity index (χ1n) is 17.4. The molecule has 3 heterocycles. The normalized spacial score (nSPS) is 19.1. The van der Waals surface area contributed by atoms with Crippen molar-refractivity contribution in [2.45, 2.75) is 63.5 Å². The average Bonchev–Trinajstić information content (AvgIpc) is 3.96. The summed E-state index contributed by atoms with van der Waals surface area (Å²) in [6, 6.07) is 19.1. The van der Waals surface area contributed by atoms with E-state index in [1.165, 1.54) is 52.8 Å². The van der Waals surface area contributed by atoms with Crippen molar-refractivity contribution in [1.82, 2.24) is 25.6 Å². The fraction of sp³-hybridized carbons (Fsp3) is 0.333. The summed E-state index contributed by atoms with van der Waals surface area (Å²) in [5.74, 6) is -3.59. The van der Waals surface area contributed by atoms with E-state index in [4.69, 9.17) is 10.3 Å². The van der Waals surface area contributed by atoms with Crippen molar-refractivity contribution in [3.05, 3.63) is 113 Å². The van der Waals surface area contributed by atoms with Crippen molar-refractivity contribution >= 4 is 17.6 Å². The lowest BCUT2D eigenvalue weighted by molar-refractivity contribution is -0.145. The summed E-state index contributed by atoms with van der Waals surface area (Å²) >= 11 is 0. The maximum atomic E-state index is 13.9. The molecule has 12 heteroatoms. The monoisotopic (exact) mass is 694 g/mol. The standard InChI is InChI=1S/C21H23F2N3O4.C18H17N3/c22-12-5-6-14(16(23)9-12)19-10-18(25-30-19)20(27)24-17-7-8-26(11-15(17)21(28)29)13-3-1-2-4-13;1-11(17-8-9-20-21-17)13-6-7-15-14-5-3-2-4-12(14)10-16(15)18(13)19/h5-6,9-10,13,15,17H,1-4,7-8,11H2,(H,24,27)(H,28,29);2-9,11H,10,19H2,1H3,(H,20,21)/t15-,17-;/m0./s1. The third-order valence-corrected chi connectivity index (χ3v) is 10.6. The quantitative estimate of drug-likeness (QED) is 0.134. The highest BCUT2D eigenvalue weighted by atomic mass is 19.1. The summed E-state index contributed by atoms with van der Waals surface area (Å²) in [6.45, 7) is 3.29. The maximum Gasteiger partial charge on any atom is 0.309 e. The molecule has 2 aromatic heterocycles. The van der Waals surface area contributed by atoms with Crippen LogP contribution in [0.4, 0.5) is 14.5 Å². The molecule has 8 rings (SSSR count). The molecule has 264 valence electrons. The number of carboxylic acids is 1. The summed E-state index contributed by atoms with van der Waals surface area (Å²) in [7, 11) is 0. The van der Waals surface area contributed by atoms with E-state index in [2.05, 4.69) is 68.9 Å². The van der Waals surface area contributed by atoms with Crippen molar-refractivity contribution in [3.8, 4) is 22.5 Å². The second-order valence-electron chi connectivity index (χ2n) is 13.6. The molecular weight excluding hydrogens is 654 g/mol. The fourth-order valence-corrected chi connectivity index (χ4v) is 7.75. The summed E-state index contributed by atoms with van der Waals surface area (Å²) in [6.07, 6.45) is 7.75. The Morgan fingerprint density at radius 3 is 2.55 bits per heavy atom. The van der Waals surface area contributed by atoms with Crippen LogP contribution in [0.15, 0.2) is 77.4 Å². The van der Waals surface area contributed by atoms with E-state index in [9.17, 15) is 23.5 Å². The Hall–Kier alpha value is -5.36. The minimum absolute atomic E-state index is 0.0107. The molecule has 1 amide bonds. The number of aliphatic carboxylic acids is 1. The van der Waals surface area contributed by atoms with Gasteiger partial charge >= 0.3 is 5.97 Å². The molecule has 5 N–H and O–H groups in total. The van der Waals surface area contributed by atoms with E-state index in [1.807, 2.05) is 6.07 Å². The Morgan fingerprint density at radius 1 is 1.02 bits per heavy atom. The number of nitrogen functional groups attached to an aromatic ring is 1. The van der Waals surface area contributed by atoms with Crippen LogP contribution in [0.3, 0.4) is 0 Å². The van der Waals surface area contributed by atoms with E-state index < -0.39 is 35.5 Å². The highest BCUT2D eigenvalue weighted by Crippen LogP contribution is 2.42. The number of H-pyrrole nitrogens is 1. The molecule has 2 fully saturated rings. The van der Waals surface area contributed by atoms with Gasteiger partial charge < -0.3 is 20.7 Å². The first kappa shape index (κ1) is 34.1. The second-order valence-corrected chi connectivity index (χ2v) is 13.6. The number of carboxylic acid groups (broad SMARTS) is 1.